The molecule has 17 heavy (non-hydrogen) atoms. The Morgan fingerprint density at radius 3 is 2.24 bits per heavy atom. The third-order valence-corrected chi connectivity index (χ3v) is 1.67. The van der Waals surface area contributed by atoms with Crippen molar-refractivity contribution in [1.29, 1.82) is 0 Å². The molecule has 0 aliphatic carbocycles. The fourth-order valence-electron chi connectivity index (χ4n) is 0.939. The van der Waals surface area contributed by atoms with Crippen molar-refractivity contribution in [1.82, 2.24) is 0 Å². The third kappa shape index (κ3) is 25.4. The summed E-state index contributed by atoms with van der Waals surface area (Å²) in [6.45, 7) is 10.5. The molecule has 0 rings (SSSR count). The summed E-state index contributed by atoms with van der Waals surface area (Å²) < 4.78 is 10.2. The van der Waals surface area contributed by atoms with Gasteiger partial charge < -0.3 is 14.6 Å². The van der Waals surface area contributed by atoms with E-state index in [2.05, 4.69) is 20.1 Å². The molecular formula is C14H32O3. The van der Waals surface area contributed by atoms with Crippen molar-refractivity contribution in [3.05, 3.63) is 25.2 Å². The Morgan fingerprint density at radius 2 is 1.76 bits per heavy atom. The number of hydrogen-bond acceptors (Lipinski definition) is 3. The van der Waals surface area contributed by atoms with Crippen LogP contribution in [0.4, 0.5) is 0 Å². The molecule has 0 heterocycles. The van der Waals surface area contributed by atoms with Gasteiger partial charge in [0.15, 0.2) is 0 Å². The van der Waals surface area contributed by atoms with E-state index in [1.54, 1.807) is 0 Å². The van der Waals surface area contributed by atoms with E-state index in [1.807, 2.05) is 0 Å². The molecule has 0 radical (unpaired) electrons. The quantitative estimate of drug-likeness (QED) is 0.492. The van der Waals surface area contributed by atoms with Gasteiger partial charge in [0.25, 0.3) is 0 Å². The number of rotatable bonds is 9. The Balaban J connectivity index is -0.000000199. The Labute approximate surface area is 108 Å². The molecule has 0 aromatic carbocycles. The van der Waals surface area contributed by atoms with Gasteiger partial charge >= 0.3 is 0 Å². The van der Waals surface area contributed by atoms with Gasteiger partial charge in [-0.05, 0) is 6.42 Å². The van der Waals surface area contributed by atoms with Crippen LogP contribution in [0.25, 0.3) is 0 Å². The van der Waals surface area contributed by atoms with Gasteiger partial charge in [0.05, 0.1) is 12.9 Å². The van der Waals surface area contributed by atoms with E-state index in [0.717, 1.165) is 20.1 Å². The molecule has 0 fully saturated rings. The highest BCUT2D eigenvalue weighted by molar-refractivity contribution is 4.82. The highest BCUT2D eigenvalue weighted by Crippen LogP contribution is 2.02. The fraction of sp³-hybridized carbons (Fsp3) is 0.714. The minimum atomic E-state index is 0. The maximum Gasteiger partial charge on any atom is 0.144 e. The predicted octanol–water partition coefficient (Wildman–Crippen LogP) is 4.14. The van der Waals surface area contributed by atoms with Crippen LogP contribution < -0.4 is 0 Å². The van der Waals surface area contributed by atoms with Crippen LogP contribution in [0.15, 0.2) is 25.2 Å². The van der Waals surface area contributed by atoms with E-state index in [9.17, 15) is 0 Å². The normalized spacial score (nSPS) is 7.47. The third-order valence-electron chi connectivity index (χ3n) is 1.67. The van der Waals surface area contributed by atoms with Gasteiger partial charge in [-0.25, -0.2) is 0 Å². The smallest absolute Gasteiger partial charge is 0.144 e. The molecule has 3 heteroatoms. The summed E-state index contributed by atoms with van der Waals surface area (Å²) in [6.07, 6.45) is 6.25. The monoisotopic (exact) mass is 248 g/mol. The van der Waals surface area contributed by atoms with Crippen LogP contribution in [0, 0.1) is 0 Å². The minimum absolute atomic E-state index is 0. The van der Waals surface area contributed by atoms with Gasteiger partial charge in [-0.1, -0.05) is 54.2 Å². The predicted molar refractivity (Wildman–Crippen MR) is 77.0 cm³/mol. The van der Waals surface area contributed by atoms with E-state index in [4.69, 9.17) is 14.6 Å². The van der Waals surface area contributed by atoms with Crippen LogP contribution in [0.3, 0.4) is 0 Å². The van der Waals surface area contributed by atoms with Crippen LogP contribution in [0.2, 0.25) is 0 Å². The van der Waals surface area contributed by atoms with E-state index < -0.39 is 0 Å². The Morgan fingerprint density at radius 1 is 1.18 bits per heavy atom. The van der Waals surface area contributed by atoms with Gasteiger partial charge in [0.2, 0.25) is 0 Å². The molecule has 0 unspecified atom stereocenters. The van der Waals surface area contributed by atoms with E-state index in [-0.39, 0.29) is 14.9 Å². The number of hydrogen-bond donors (Lipinski definition) is 1. The van der Waals surface area contributed by atoms with Crippen molar-refractivity contribution in [2.24, 2.45) is 0 Å². The lowest BCUT2D eigenvalue weighted by Gasteiger charge is -2.07. The second kappa shape index (κ2) is 24.3. The molecule has 3 nitrogen and oxygen atoms in total. The van der Waals surface area contributed by atoms with Crippen LogP contribution in [0.5, 0.6) is 0 Å². The maximum absolute atomic E-state index is 7.00. The summed E-state index contributed by atoms with van der Waals surface area (Å²) in [5.41, 5.74) is 0. The zero-order valence-corrected chi connectivity index (χ0v) is 10.00. The number of unbranched alkanes of at least 4 members (excludes halogenated alkanes) is 3. The van der Waals surface area contributed by atoms with Gasteiger partial charge in [0, 0.05) is 7.11 Å². The molecule has 0 aromatic rings. The first-order valence-electron chi connectivity index (χ1n) is 5.29. The lowest BCUT2D eigenvalue weighted by molar-refractivity contribution is 0.148. The summed E-state index contributed by atoms with van der Waals surface area (Å²) in [5, 5.41) is 7.00. The first-order chi connectivity index (χ1) is 7.31. The first-order valence-corrected chi connectivity index (χ1v) is 5.29. The summed E-state index contributed by atoms with van der Waals surface area (Å²) in [5.74, 6) is 0.677. The van der Waals surface area contributed by atoms with E-state index in [1.165, 1.54) is 25.5 Å². The number of aliphatic hydroxyl groups excluding tert-OH is 1. The zero-order chi connectivity index (χ0) is 11.9. The van der Waals surface area contributed by atoms with Gasteiger partial charge in [-0.3, -0.25) is 0 Å². The minimum Gasteiger partial charge on any atom is -0.495 e. The number of aliphatic hydroxyl groups is 1. The summed E-state index contributed by atoms with van der Waals surface area (Å²) in [7, 11) is 1.00. The van der Waals surface area contributed by atoms with Crippen molar-refractivity contribution < 1.29 is 14.6 Å². The van der Waals surface area contributed by atoms with Crippen LogP contribution >= 0.6 is 0 Å². The molecule has 0 saturated heterocycles. The van der Waals surface area contributed by atoms with Crippen molar-refractivity contribution in [3.63, 3.8) is 0 Å². The topological polar surface area (TPSA) is 38.7 Å². The zero-order valence-electron chi connectivity index (χ0n) is 10.00. The molecule has 0 amide bonds. The van der Waals surface area contributed by atoms with Crippen molar-refractivity contribution in [2.75, 3.05) is 20.3 Å². The average Bonchev–Trinajstić information content (AvgIpc) is 2.29. The summed E-state index contributed by atoms with van der Waals surface area (Å²) >= 11 is 0. The number of ether oxygens (including phenoxy) is 2. The van der Waals surface area contributed by atoms with Crippen LogP contribution in [0.1, 0.15) is 47.5 Å². The highest BCUT2D eigenvalue weighted by Gasteiger charge is 1.93. The SMILES string of the molecule is C.C.C=COCC(=C)OCCCCCC.CO. The fourth-order valence-corrected chi connectivity index (χ4v) is 0.939. The van der Waals surface area contributed by atoms with Crippen molar-refractivity contribution in [3.8, 4) is 0 Å². The molecule has 0 aliphatic heterocycles. The first kappa shape index (κ1) is 25.0. The molecule has 0 bridgehead atoms. The second-order valence-electron chi connectivity index (χ2n) is 2.93. The maximum atomic E-state index is 7.00. The van der Waals surface area contributed by atoms with Gasteiger partial charge in [0.1, 0.15) is 12.4 Å². The van der Waals surface area contributed by atoms with Crippen LogP contribution in [-0.2, 0) is 9.47 Å². The van der Waals surface area contributed by atoms with Gasteiger partial charge in [-0.15, -0.1) is 0 Å². The lowest BCUT2D eigenvalue weighted by Crippen LogP contribution is -1.99. The molecule has 106 valence electrons. The molecule has 0 spiro atoms. The highest BCUT2D eigenvalue weighted by atomic mass is 16.5. The van der Waals surface area contributed by atoms with Gasteiger partial charge in [-0.2, -0.15) is 0 Å². The lowest BCUT2D eigenvalue weighted by atomic mass is 10.2. The molecule has 0 aromatic heterocycles. The molecule has 0 atom stereocenters. The molecule has 0 aliphatic rings. The van der Waals surface area contributed by atoms with Crippen LogP contribution in [-0.4, -0.2) is 25.4 Å². The second-order valence-corrected chi connectivity index (χ2v) is 2.93. The van der Waals surface area contributed by atoms with Crippen molar-refractivity contribution in [2.45, 2.75) is 47.5 Å². The van der Waals surface area contributed by atoms with E-state index >= 15 is 0 Å². The summed E-state index contributed by atoms with van der Waals surface area (Å²) in [4.78, 5) is 0. The Kier molecular flexibility index (Phi) is 35.8. The molecule has 0 saturated carbocycles. The van der Waals surface area contributed by atoms with Crippen molar-refractivity contribution >= 4 is 0 Å². The largest absolute Gasteiger partial charge is 0.495 e. The Bertz CT molecular complexity index is 144. The summed E-state index contributed by atoms with van der Waals surface area (Å²) in [6, 6.07) is 0. The van der Waals surface area contributed by atoms with E-state index in [0.29, 0.717) is 12.4 Å². The standard InChI is InChI=1S/C11H20O2.CH4O.2CH4/c1-4-6-7-8-9-13-11(3)10-12-5-2;1-2;;/h5H,2-4,6-10H2,1H3;2H,1H3;2*1H4. The Hall–Kier alpha value is -0.960. The molecule has 1 N–H and O–H groups in total. The molecular weight excluding hydrogens is 216 g/mol. The average molecular weight is 248 g/mol.